The van der Waals surface area contributed by atoms with Crippen LogP contribution in [0.2, 0.25) is 0 Å². The fraction of sp³-hybridized carbons (Fsp3) is 0.286. The van der Waals surface area contributed by atoms with E-state index in [0.717, 1.165) is 0 Å². The third kappa shape index (κ3) is 6.93. The summed E-state index contributed by atoms with van der Waals surface area (Å²) in [7, 11) is 6.62. The second-order valence-corrected chi connectivity index (χ2v) is 6.77. The largest absolute Gasteiger partial charge is 0.497 e. The molecule has 0 aliphatic rings. The molecular weight excluding hydrogens is 372 g/mol. The van der Waals surface area contributed by atoms with Gasteiger partial charge in [-0.3, -0.25) is 19.3 Å². The van der Waals surface area contributed by atoms with Gasteiger partial charge in [-0.05, 0) is 55.6 Å². The number of benzene rings is 2. The van der Waals surface area contributed by atoms with Crippen molar-refractivity contribution in [2.45, 2.75) is 0 Å². The summed E-state index contributed by atoms with van der Waals surface area (Å²) < 4.78 is 5.09. The van der Waals surface area contributed by atoms with E-state index >= 15 is 0 Å². The summed E-state index contributed by atoms with van der Waals surface area (Å²) in [6.07, 6.45) is 0. The highest BCUT2D eigenvalue weighted by atomic mass is 16.5. The first-order valence-electron chi connectivity index (χ1n) is 9.02. The van der Waals surface area contributed by atoms with Gasteiger partial charge in [0.15, 0.2) is 0 Å². The number of carbonyl (C=O) groups is 3. The Kier molecular flexibility index (Phi) is 7.73. The monoisotopic (exact) mass is 398 g/mol. The molecule has 2 aromatic carbocycles. The first kappa shape index (κ1) is 21.9. The first-order valence-corrected chi connectivity index (χ1v) is 9.02. The molecule has 0 unspecified atom stereocenters. The number of nitrogens with one attached hydrogen (secondary N) is 2. The standard InChI is InChI=1S/C21H26N4O4/c1-24(2)20(27)14-25(3)13-19(26)22-16-7-5-15(6-8-16)21(28)23-17-9-11-18(29-4)12-10-17/h5-12H,13-14H2,1-4H3,(H,22,26)(H,23,28). The van der Waals surface area contributed by atoms with Crippen LogP contribution in [-0.2, 0) is 9.59 Å². The van der Waals surface area contributed by atoms with Crippen molar-refractivity contribution in [2.75, 3.05) is 52.0 Å². The summed E-state index contributed by atoms with van der Waals surface area (Å²) in [6.45, 7) is 0.240. The van der Waals surface area contributed by atoms with Gasteiger partial charge in [-0.25, -0.2) is 0 Å². The van der Waals surface area contributed by atoms with Crippen molar-refractivity contribution < 1.29 is 19.1 Å². The summed E-state index contributed by atoms with van der Waals surface area (Å²) >= 11 is 0. The van der Waals surface area contributed by atoms with Crippen molar-refractivity contribution >= 4 is 29.1 Å². The van der Waals surface area contributed by atoms with Crippen molar-refractivity contribution in [2.24, 2.45) is 0 Å². The highest BCUT2D eigenvalue weighted by Crippen LogP contribution is 2.16. The molecule has 0 heterocycles. The van der Waals surface area contributed by atoms with Gasteiger partial charge >= 0.3 is 0 Å². The predicted octanol–water partition coefficient (Wildman–Crippen LogP) is 1.91. The van der Waals surface area contributed by atoms with Crippen molar-refractivity contribution in [1.82, 2.24) is 9.80 Å². The molecule has 0 aromatic heterocycles. The molecule has 154 valence electrons. The van der Waals surface area contributed by atoms with Crippen LogP contribution in [0.3, 0.4) is 0 Å². The van der Waals surface area contributed by atoms with Crippen LogP contribution < -0.4 is 15.4 Å². The van der Waals surface area contributed by atoms with E-state index in [1.54, 1.807) is 81.7 Å². The smallest absolute Gasteiger partial charge is 0.255 e. The molecule has 0 bridgehead atoms. The SMILES string of the molecule is COc1ccc(NC(=O)c2ccc(NC(=O)CN(C)CC(=O)N(C)C)cc2)cc1. The summed E-state index contributed by atoms with van der Waals surface area (Å²) in [5, 5.41) is 5.55. The first-order chi connectivity index (χ1) is 13.8. The van der Waals surface area contributed by atoms with E-state index in [1.165, 1.54) is 4.90 Å². The Balaban J connectivity index is 1.87. The fourth-order valence-corrected chi connectivity index (χ4v) is 2.46. The lowest BCUT2D eigenvalue weighted by atomic mass is 10.2. The molecule has 2 N–H and O–H groups in total. The van der Waals surface area contributed by atoms with Crippen molar-refractivity contribution in [1.29, 1.82) is 0 Å². The molecule has 0 saturated heterocycles. The molecule has 0 saturated carbocycles. The maximum atomic E-state index is 12.3. The topological polar surface area (TPSA) is 91.0 Å². The van der Waals surface area contributed by atoms with Gasteiger partial charge in [-0.2, -0.15) is 0 Å². The molecule has 29 heavy (non-hydrogen) atoms. The highest BCUT2D eigenvalue weighted by Gasteiger charge is 2.12. The number of likely N-dealkylation sites (N-methyl/N-ethyl adjacent to an activating group) is 2. The molecule has 0 atom stereocenters. The molecule has 3 amide bonds. The number of hydrogen-bond acceptors (Lipinski definition) is 5. The van der Waals surface area contributed by atoms with Gasteiger partial charge in [0.1, 0.15) is 5.75 Å². The fourth-order valence-electron chi connectivity index (χ4n) is 2.46. The summed E-state index contributed by atoms with van der Waals surface area (Å²) in [5.74, 6) is 0.136. The van der Waals surface area contributed by atoms with E-state index < -0.39 is 0 Å². The number of nitrogens with zero attached hydrogens (tertiary/aromatic N) is 2. The van der Waals surface area contributed by atoms with E-state index in [-0.39, 0.29) is 30.8 Å². The van der Waals surface area contributed by atoms with Gasteiger partial charge in [0, 0.05) is 31.0 Å². The summed E-state index contributed by atoms with van der Waals surface area (Å²) in [5.41, 5.74) is 1.69. The molecule has 0 fully saturated rings. The van der Waals surface area contributed by atoms with Gasteiger partial charge in [0.2, 0.25) is 11.8 Å². The van der Waals surface area contributed by atoms with Crippen LogP contribution in [0.15, 0.2) is 48.5 Å². The normalized spacial score (nSPS) is 10.4. The molecular formula is C21H26N4O4. The third-order valence-corrected chi connectivity index (χ3v) is 4.10. The van der Waals surface area contributed by atoms with Crippen LogP contribution in [0.4, 0.5) is 11.4 Å². The van der Waals surface area contributed by atoms with Crippen LogP contribution in [0.5, 0.6) is 5.75 Å². The average Bonchev–Trinajstić information content (AvgIpc) is 2.68. The summed E-state index contributed by atoms with van der Waals surface area (Å²) in [6, 6.07) is 13.6. The number of rotatable bonds is 8. The minimum atomic E-state index is -0.255. The molecule has 2 aromatic rings. The van der Waals surface area contributed by atoms with E-state index in [0.29, 0.717) is 22.7 Å². The van der Waals surface area contributed by atoms with Gasteiger partial charge < -0.3 is 20.3 Å². The van der Waals surface area contributed by atoms with Crippen LogP contribution in [0.1, 0.15) is 10.4 Å². The quantitative estimate of drug-likeness (QED) is 0.709. The zero-order valence-corrected chi connectivity index (χ0v) is 17.1. The lowest BCUT2D eigenvalue weighted by molar-refractivity contribution is -0.130. The zero-order valence-electron chi connectivity index (χ0n) is 17.1. The Bertz CT molecular complexity index is 848. The minimum absolute atomic E-state index is 0.0764. The van der Waals surface area contributed by atoms with Crippen LogP contribution in [0.25, 0.3) is 0 Å². The number of carbonyl (C=O) groups excluding carboxylic acids is 3. The maximum absolute atomic E-state index is 12.3. The number of amides is 3. The van der Waals surface area contributed by atoms with Gasteiger partial charge in [-0.1, -0.05) is 0 Å². The number of ether oxygens (including phenoxy) is 1. The third-order valence-electron chi connectivity index (χ3n) is 4.10. The average molecular weight is 398 g/mol. The van der Waals surface area contributed by atoms with Crippen LogP contribution in [0, 0.1) is 0 Å². The van der Waals surface area contributed by atoms with Gasteiger partial charge in [0.05, 0.1) is 20.2 Å². The lowest BCUT2D eigenvalue weighted by Gasteiger charge is -2.18. The molecule has 8 nitrogen and oxygen atoms in total. The van der Waals surface area contributed by atoms with Crippen molar-refractivity contribution in [3.8, 4) is 5.75 Å². The van der Waals surface area contributed by atoms with Crippen molar-refractivity contribution in [3.63, 3.8) is 0 Å². The molecule has 8 heteroatoms. The van der Waals surface area contributed by atoms with Gasteiger partial charge in [0.25, 0.3) is 5.91 Å². The zero-order chi connectivity index (χ0) is 21.4. The van der Waals surface area contributed by atoms with E-state index in [2.05, 4.69) is 10.6 Å². The second-order valence-electron chi connectivity index (χ2n) is 6.77. The van der Waals surface area contributed by atoms with E-state index in [9.17, 15) is 14.4 Å². The molecule has 0 radical (unpaired) electrons. The molecule has 0 aliphatic heterocycles. The number of methoxy groups -OCH3 is 1. The summed E-state index contributed by atoms with van der Waals surface area (Å²) in [4.78, 5) is 39.2. The molecule has 0 aliphatic carbocycles. The molecule has 2 rings (SSSR count). The second kappa shape index (κ2) is 10.2. The minimum Gasteiger partial charge on any atom is -0.497 e. The number of anilines is 2. The van der Waals surface area contributed by atoms with E-state index in [1.807, 2.05) is 0 Å². The van der Waals surface area contributed by atoms with E-state index in [4.69, 9.17) is 4.74 Å². The molecule has 0 spiro atoms. The Morgan fingerprint density at radius 3 is 1.93 bits per heavy atom. The number of hydrogen-bond donors (Lipinski definition) is 2. The highest BCUT2D eigenvalue weighted by molar-refractivity contribution is 6.04. The Hall–Kier alpha value is -3.39. The predicted molar refractivity (Wildman–Crippen MR) is 112 cm³/mol. The van der Waals surface area contributed by atoms with Crippen LogP contribution in [-0.4, -0.2) is 68.9 Å². The maximum Gasteiger partial charge on any atom is 0.255 e. The Morgan fingerprint density at radius 2 is 1.38 bits per heavy atom. The Morgan fingerprint density at radius 1 is 0.828 bits per heavy atom. The van der Waals surface area contributed by atoms with Crippen molar-refractivity contribution in [3.05, 3.63) is 54.1 Å². The van der Waals surface area contributed by atoms with Crippen LogP contribution >= 0.6 is 0 Å². The lowest BCUT2D eigenvalue weighted by Crippen LogP contribution is -2.38. The Labute approximate surface area is 170 Å². The van der Waals surface area contributed by atoms with Gasteiger partial charge in [-0.15, -0.1) is 0 Å².